The number of para-hydroxylation sites is 1. The quantitative estimate of drug-likeness (QED) is 0.0220. The van der Waals surface area contributed by atoms with Gasteiger partial charge in [0.25, 0.3) is 0 Å². The number of benzene rings is 9. The first-order valence-corrected chi connectivity index (χ1v) is 41.9. The van der Waals surface area contributed by atoms with E-state index in [4.69, 9.17) is 63.4 Å². The highest BCUT2D eigenvalue weighted by molar-refractivity contribution is 5.72. The van der Waals surface area contributed by atoms with Gasteiger partial charge in [-0.3, -0.25) is 14.7 Å². The van der Waals surface area contributed by atoms with Crippen LogP contribution < -0.4 is 65.1 Å². The van der Waals surface area contributed by atoms with Crippen LogP contribution in [-0.2, 0) is 19.6 Å². The van der Waals surface area contributed by atoms with Gasteiger partial charge < -0.3 is 65.1 Å². The Bertz CT molecular complexity index is 5860. The standard InChI is InChI=1S/C33H36N6O3.2C32H34N6O2/c1-40-29-19-24(20-30(22-29)41-2)23-34-27-8-5-7-25(21-27)31-9-6-10-32-36-33(37-39(31)32)35-26-11-13-28(14-12-26)42-18-17-38-15-3-4-16-38;1-39-29-10-4-7-24(21-29)23-33-27-9-5-8-25(22-27)30-11-6-12-31-35-32(36-38(30)31)34-26-13-15-28(16-14-26)40-20-19-37-17-2-3-18-37;1-39-30-12-3-2-8-25(30)23-33-27-10-6-9-24(22-27)29-11-7-13-31-35-32(36-38(29)31)34-26-14-16-28(17-15-26)40-21-20-37-18-4-5-19-37/h5-14,19-22,34H,3-4,15-18,23H2,1-2H3,(H,35,37);4-16,21-22,33H,2-3,17-20,23H2,1H3,(H,34,36);2-3,6-17,22,33H,4-5,18-21,23H2,1H3,(H,34,36). The first-order valence-electron chi connectivity index (χ1n) is 41.9. The molecule has 15 aromatic rings. The Labute approximate surface area is 711 Å². The molecule has 9 aromatic carbocycles. The van der Waals surface area contributed by atoms with Gasteiger partial charge in [-0.05, 0) is 265 Å². The minimum atomic E-state index is 0.534. The van der Waals surface area contributed by atoms with Gasteiger partial charge in [0.1, 0.15) is 60.1 Å². The highest BCUT2D eigenvalue weighted by atomic mass is 16.5. The molecule has 122 heavy (non-hydrogen) atoms. The lowest BCUT2D eigenvalue weighted by molar-refractivity contribution is 0.237. The molecule has 6 N–H and O–H groups in total. The van der Waals surface area contributed by atoms with Gasteiger partial charge in [-0.25, -0.2) is 13.5 Å². The SMILES string of the molecule is COc1cc(CNc2cccc(-c3cccc4nc(Nc5ccc(OCCN6CCCC6)cc5)nn34)c2)cc(OC)c1.COc1cccc(CNc2cccc(-c3cccc4nc(Nc5ccc(OCCN6CCCC6)cc5)nn34)c2)c1.COc1ccccc1CNc1cccc(-c2cccc3nc(Nc4ccc(OCCN5CCCC5)cc4)nn23)c1. The highest BCUT2D eigenvalue weighted by Crippen LogP contribution is 2.33. The smallest absolute Gasteiger partial charge is 0.247 e. The number of aromatic nitrogens is 9. The summed E-state index contributed by atoms with van der Waals surface area (Å²) < 4.78 is 45.1. The second-order valence-electron chi connectivity index (χ2n) is 30.2. The number of nitrogens with one attached hydrogen (secondary N) is 6. The van der Waals surface area contributed by atoms with Gasteiger partial charge in [0, 0.05) is 102 Å². The van der Waals surface area contributed by atoms with Crippen molar-refractivity contribution < 1.29 is 33.2 Å². The van der Waals surface area contributed by atoms with Crippen molar-refractivity contribution in [2.24, 2.45) is 0 Å². The molecule has 9 heterocycles. The van der Waals surface area contributed by atoms with Crippen LogP contribution in [0.15, 0.2) is 267 Å². The number of hydrogen-bond acceptors (Lipinski definition) is 22. The molecule has 3 aliphatic rings. The van der Waals surface area contributed by atoms with Crippen LogP contribution in [-0.4, -0.2) is 166 Å². The molecule has 25 nitrogen and oxygen atoms in total. The van der Waals surface area contributed by atoms with Crippen molar-refractivity contribution in [1.29, 1.82) is 0 Å². The second-order valence-corrected chi connectivity index (χ2v) is 30.2. The van der Waals surface area contributed by atoms with Crippen molar-refractivity contribution in [2.75, 3.05) is 139 Å². The molecule has 3 aliphatic heterocycles. The zero-order chi connectivity index (χ0) is 83.0. The van der Waals surface area contributed by atoms with Gasteiger partial charge >= 0.3 is 0 Å². The number of nitrogens with zero attached hydrogens (tertiary/aromatic N) is 12. The summed E-state index contributed by atoms with van der Waals surface area (Å²) in [5.74, 6) is 7.48. The predicted molar refractivity (Wildman–Crippen MR) is 485 cm³/mol. The number of methoxy groups -OCH3 is 4. The van der Waals surface area contributed by atoms with Crippen LogP contribution in [0.25, 0.3) is 50.7 Å². The third kappa shape index (κ3) is 22.0. The fourth-order valence-corrected chi connectivity index (χ4v) is 15.3. The molecule has 6 aromatic heterocycles. The van der Waals surface area contributed by atoms with E-state index in [0.717, 1.165) is 161 Å². The molecule has 0 spiro atoms. The van der Waals surface area contributed by atoms with Gasteiger partial charge in [-0.1, -0.05) is 84.9 Å². The van der Waals surface area contributed by atoms with Crippen molar-refractivity contribution in [2.45, 2.75) is 58.2 Å². The molecule has 0 bridgehead atoms. The van der Waals surface area contributed by atoms with Gasteiger partial charge in [0.2, 0.25) is 17.8 Å². The summed E-state index contributed by atoms with van der Waals surface area (Å²) in [6.07, 6.45) is 7.79. The predicted octanol–water partition coefficient (Wildman–Crippen LogP) is 18.7. The van der Waals surface area contributed by atoms with Crippen LogP contribution in [0.5, 0.6) is 40.2 Å². The maximum Gasteiger partial charge on any atom is 0.247 e. The van der Waals surface area contributed by atoms with Crippen molar-refractivity contribution in [1.82, 2.24) is 58.5 Å². The maximum absolute atomic E-state index is 5.94. The van der Waals surface area contributed by atoms with E-state index in [0.29, 0.717) is 57.3 Å². The zero-order valence-corrected chi connectivity index (χ0v) is 69.5. The Morgan fingerprint density at radius 1 is 0.287 bits per heavy atom. The summed E-state index contributed by atoms with van der Waals surface area (Å²) in [6, 6.07) is 88.8. The number of fused-ring (bicyclic) bond motifs is 3. The van der Waals surface area contributed by atoms with E-state index in [1.54, 1.807) is 28.4 Å². The van der Waals surface area contributed by atoms with Crippen LogP contribution in [0.4, 0.5) is 52.0 Å². The first-order chi connectivity index (χ1) is 60.1. The summed E-state index contributed by atoms with van der Waals surface area (Å²) in [6.45, 7) is 14.2. The van der Waals surface area contributed by atoms with Gasteiger partial charge in [-0.2, -0.15) is 15.0 Å². The average Bonchev–Trinajstić information content (AvgIpc) is 1.65. The third-order valence-electron chi connectivity index (χ3n) is 21.7. The summed E-state index contributed by atoms with van der Waals surface area (Å²) in [7, 11) is 6.69. The minimum absolute atomic E-state index is 0.534. The average molecular weight is 1630 g/mol. The van der Waals surface area contributed by atoms with Gasteiger partial charge in [0.15, 0.2) is 16.9 Å². The molecule has 18 rings (SSSR count). The monoisotopic (exact) mass is 1630 g/mol. The summed E-state index contributed by atoms with van der Waals surface area (Å²) >= 11 is 0. The third-order valence-corrected chi connectivity index (χ3v) is 21.7. The maximum atomic E-state index is 5.94. The van der Waals surface area contributed by atoms with E-state index in [1.807, 2.05) is 202 Å². The zero-order valence-electron chi connectivity index (χ0n) is 69.5. The number of pyridine rings is 3. The lowest BCUT2D eigenvalue weighted by Crippen LogP contribution is -2.25. The lowest BCUT2D eigenvalue weighted by Gasteiger charge is -2.15. The first kappa shape index (κ1) is 81.8. The van der Waals surface area contributed by atoms with Crippen LogP contribution in [0.2, 0.25) is 0 Å². The van der Waals surface area contributed by atoms with E-state index in [-0.39, 0.29) is 0 Å². The molecule has 0 aliphatic carbocycles. The number of hydrogen-bond donors (Lipinski definition) is 6. The van der Waals surface area contributed by atoms with E-state index >= 15 is 0 Å². The molecule has 3 fully saturated rings. The number of rotatable bonds is 34. The minimum Gasteiger partial charge on any atom is -0.497 e. The fraction of sp³-hybridized carbons (Fsp3) is 0.258. The molecular formula is C97H104N18O7. The largest absolute Gasteiger partial charge is 0.497 e. The Morgan fingerprint density at radius 3 is 1.02 bits per heavy atom. The fourth-order valence-electron chi connectivity index (χ4n) is 15.3. The molecule has 3 saturated heterocycles. The van der Waals surface area contributed by atoms with Crippen molar-refractivity contribution in [3.63, 3.8) is 0 Å². The molecule has 0 atom stereocenters. The number of anilines is 9. The van der Waals surface area contributed by atoms with Crippen molar-refractivity contribution in [3.8, 4) is 74.0 Å². The molecule has 624 valence electrons. The van der Waals surface area contributed by atoms with Crippen LogP contribution in [0, 0.1) is 0 Å². The number of ether oxygens (including phenoxy) is 7. The second kappa shape index (κ2) is 40.7. The number of likely N-dealkylation sites (tertiary alicyclic amines) is 3. The summed E-state index contributed by atoms with van der Waals surface area (Å²) in [4.78, 5) is 21.5. The topological polar surface area (TPSA) is 237 Å². The van der Waals surface area contributed by atoms with Crippen molar-refractivity contribution in [3.05, 3.63) is 284 Å². The van der Waals surface area contributed by atoms with Gasteiger partial charge in [-0.15, -0.1) is 15.3 Å². The van der Waals surface area contributed by atoms with E-state index in [2.05, 4.69) is 125 Å². The van der Waals surface area contributed by atoms with Crippen molar-refractivity contribution >= 4 is 68.9 Å². The van der Waals surface area contributed by atoms with E-state index in [1.165, 1.54) is 77.8 Å². The Morgan fingerprint density at radius 2 is 0.639 bits per heavy atom. The van der Waals surface area contributed by atoms with Crippen LogP contribution in [0.3, 0.4) is 0 Å². The summed E-state index contributed by atoms with van der Waals surface area (Å²) in [5, 5.41) is 34.8. The molecular weight excluding hydrogens is 1530 g/mol. The lowest BCUT2D eigenvalue weighted by atomic mass is 10.1. The Hall–Kier alpha value is -13.9. The summed E-state index contributed by atoms with van der Waals surface area (Å²) in [5.41, 5.74) is 17.4. The van der Waals surface area contributed by atoms with E-state index < -0.39 is 0 Å². The Kier molecular flexibility index (Phi) is 27.3. The molecule has 0 amide bonds. The Balaban J connectivity index is 0.000000136. The molecule has 0 unspecified atom stereocenters. The molecule has 0 radical (unpaired) electrons. The van der Waals surface area contributed by atoms with E-state index in [9.17, 15) is 0 Å². The molecule has 0 saturated carbocycles. The molecule has 25 heteroatoms. The normalized spacial score (nSPS) is 13.4. The van der Waals surface area contributed by atoms with Crippen LogP contribution in [0.1, 0.15) is 55.2 Å². The highest BCUT2D eigenvalue weighted by Gasteiger charge is 2.19. The van der Waals surface area contributed by atoms with Crippen LogP contribution >= 0.6 is 0 Å². The van der Waals surface area contributed by atoms with Gasteiger partial charge in [0.05, 0.1) is 45.5 Å².